The Balaban J connectivity index is 1.53. The molecule has 2 aliphatic rings. The summed E-state index contributed by atoms with van der Waals surface area (Å²) in [7, 11) is 2.18. The minimum Gasteiger partial charge on any atom is -0.508 e. The smallest absolute Gasteiger partial charge is 0.310 e. The van der Waals surface area contributed by atoms with Crippen molar-refractivity contribution in [3.8, 4) is 5.75 Å². The van der Waals surface area contributed by atoms with E-state index in [1.165, 1.54) is 12.8 Å². The minimum atomic E-state index is -0.162. The van der Waals surface area contributed by atoms with Gasteiger partial charge in [-0.1, -0.05) is 12.1 Å². The van der Waals surface area contributed by atoms with Gasteiger partial charge in [0.05, 0.1) is 6.42 Å². The Kier molecular flexibility index (Phi) is 3.66. The number of benzene rings is 1. The summed E-state index contributed by atoms with van der Waals surface area (Å²) in [5.41, 5.74) is 0.878. The van der Waals surface area contributed by atoms with Gasteiger partial charge in [0.2, 0.25) is 0 Å². The summed E-state index contributed by atoms with van der Waals surface area (Å²) >= 11 is 0. The van der Waals surface area contributed by atoms with Gasteiger partial charge >= 0.3 is 5.97 Å². The third-order valence-electron chi connectivity index (χ3n) is 4.64. The molecule has 0 saturated carbocycles. The monoisotopic (exact) mass is 275 g/mol. The van der Waals surface area contributed by atoms with Gasteiger partial charge in [0, 0.05) is 12.1 Å². The van der Waals surface area contributed by atoms with Crippen LogP contribution in [0.4, 0.5) is 0 Å². The molecule has 108 valence electrons. The summed E-state index contributed by atoms with van der Waals surface area (Å²) in [5.74, 6) is 0.0543. The Bertz CT molecular complexity index is 471. The number of carbonyl (C=O) groups excluding carboxylic acids is 1. The van der Waals surface area contributed by atoms with Crippen LogP contribution in [0.2, 0.25) is 0 Å². The van der Waals surface area contributed by atoms with E-state index in [2.05, 4.69) is 11.9 Å². The number of fused-ring (bicyclic) bond motifs is 2. The number of hydrogen-bond donors (Lipinski definition) is 1. The van der Waals surface area contributed by atoms with Crippen molar-refractivity contribution < 1.29 is 14.6 Å². The van der Waals surface area contributed by atoms with Gasteiger partial charge in [-0.2, -0.15) is 0 Å². The van der Waals surface area contributed by atoms with Crippen LogP contribution in [0.3, 0.4) is 0 Å². The zero-order valence-electron chi connectivity index (χ0n) is 11.8. The first kappa shape index (κ1) is 13.4. The van der Waals surface area contributed by atoms with Crippen molar-refractivity contribution in [1.29, 1.82) is 0 Å². The molecule has 2 aliphatic heterocycles. The Morgan fingerprint density at radius 2 is 1.85 bits per heavy atom. The summed E-state index contributed by atoms with van der Waals surface area (Å²) < 4.78 is 5.63. The van der Waals surface area contributed by atoms with Crippen LogP contribution in [0.15, 0.2) is 24.3 Å². The van der Waals surface area contributed by atoms with Gasteiger partial charge < -0.3 is 14.7 Å². The van der Waals surface area contributed by atoms with Crippen LogP contribution in [0.1, 0.15) is 31.2 Å². The first-order valence-electron chi connectivity index (χ1n) is 7.31. The van der Waals surface area contributed by atoms with Crippen LogP contribution in [-0.2, 0) is 16.0 Å². The normalized spacial score (nSPS) is 29.4. The first-order chi connectivity index (χ1) is 9.61. The van der Waals surface area contributed by atoms with Crippen molar-refractivity contribution in [1.82, 2.24) is 4.90 Å². The van der Waals surface area contributed by atoms with E-state index in [0.29, 0.717) is 12.1 Å². The molecule has 4 nitrogen and oxygen atoms in total. The van der Waals surface area contributed by atoms with Gasteiger partial charge in [0.25, 0.3) is 0 Å². The molecule has 0 aromatic heterocycles. The SMILES string of the molecule is CN1C2CCC1CC(OC(=O)Cc1ccc(O)cc1)C2. The fraction of sp³-hybridized carbons (Fsp3) is 0.562. The first-order valence-corrected chi connectivity index (χ1v) is 7.31. The molecule has 0 aliphatic carbocycles. The van der Waals surface area contributed by atoms with Gasteiger partial charge in [0.15, 0.2) is 0 Å². The topological polar surface area (TPSA) is 49.8 Å². The highest BCUT2D eigenvalue weighted by Crippen LogP contribution is 2.35. The largest absolute Gasteiger partial charge is 0.508 e. The zero-order chi connectivity index (χ0) is 14.1. The Labute approximate surface area is 119 Å². The quantitative estimate of drug-likeness (QED) is 0.858. The van der Waals surface area contributed by atoms with Gasteiger partial charge in [-0.3, -0.25) is 4.79 Å². The minimum absolute atomic E-state index is 0.0771. The van der Waals surface area contributed by atoms with Crippen LogP contribution in [0, 0.1) is 0 Å². The predicted molar refractivity (Wildman–Crippen MR) is 75.5 cm³/mol. The number of carbonyl (C=O) groups is 1. The molecule has 2 saturated heterocycles. The fourth-order valence-corrected chi connectivity index (χ4v) is 3.47. The van der Waals surface area contributed by atoms with Crippen LogP contribution in [0.5, 0.6) is 5.75 Å². The van der Waals surface area contributed by atoms with Crippen LogP contribution < -0.4 is 0 Å². The molecule has 1 aromatic carbocycles. The Morgan fingerprint density at radius 1 is 1.25 bits per heavy atom. The van der Waals surface area contributed by atoms with Crippen molar-refractivity contribution in [3.05, 3.63) is 29.8 Å². The average molecular weight is 275 g/mol. The molecule has 20 heavy (non-hydrogen) atoms. The second-order valence-corrected chi connectivity index (χ2v) is 5.98. The highest BCUT2D eigenvalue weighted by atomic mass is 16.5. The highest BCUT2D eigenvalue weighted by molar-refractivity contribution is 5.72. The molecule has 2 heterocycles. The van der Waals surface area contributed by atoms with Crippen LogP contribution in [0.25, 0.3) is 0 Å². The van der Waals surface area contributed by atoms with E-state index in [4.69, 9.17) is 4.74 Å². The van der Waals surface area contributed by atoms with Crippen LogP contribution in [-0.4, -0.2) is 41.2 Å². The fourth-order valence-electron chi connectivity index (χ4n) is 3.47. The lowest BCUT2D eigenvalue weighted by atomic mass is 10.0. The molecule has 0 spiro atoms. The van der Waals surface area contributed by atoms with Gasteiger partial charge in [-0.15, -0.1) is 0 Å². The number of phenols is 1. The van der Waals surface area contributed by atoms with Crippen molar-refractivity contribution in [2.24, 2.45) is 0 Å². The molecule has 2 unspecified atom stereocenters. The Morgan fingerprint density at radius 3 is 2.45 bits per heavy atom. The zero-order valence-corrected chi connectivity index (χ0v) is 11.8. The number of esters is 1. The molecule has 3 rings (SSSR count). The van der Waals surface area contributed by atoms with E-state index in [9.17, 15) is 9.90 Å². The predicted octanol–water partition coefficient (Wildman–Crippen LogP) is 2.10. The lowest BCUT2D eigenvalue weighted by Crippen LogP contribution is -2.43. The molecule has 2 bridgehead atoms. The van der Waals surface area contributed by atoms with Gasteiger partial charge in [-0.25, -0.2) is 0 Å². The van der Waals surface area contributed by atoms with E-state index in [1.54, 1.807) is 24.3 Å². The summed E-state index contributed by atoms with van der Waals surface area (Å²) in [5, 5.41) is 9.22. The van der Waals surface area contributed by atoms with Crippen molar-refractivity contribution in [2.75, 3.05) is 7.05 Å². The number of hydrogen-bond acceptors (Lipinski definition) is 4. The van der Waals surface area contributed by atoms with E-state index in [-0.39, 0.29) is 24.2 Å². The Hall–Kier alpha value is -1.55. The van der Waals surface area contributed by atoms with E-state index in [1.807, 2.05) is 0 Å². The molecular weight excluding hydrogens is 254 g/mol. The van der Waals surface area contributed by atoms with E-state index >= 15 is 0 Å². The number of ether oxygens (including phenoxy) is 1. The van der Waals surface area contributed by atoms with Crippen molar-refractivity contribution in [2.45, 2.75) is 50.3 Å². The highest BCUT2D eigenvalue weighted by Gasteiger charge is 2.39. The summed E-state index contributed by atoms with van der Waals surface area (Å²) in [4.78, 5) is 14.4. The maximum absolute atomic E-state index is 12.0. The molecular formula is C16H21NO3. The second kappa shape index (κ2) is 5.44. The van der Waals surface area contributed by atoms with E-state index < -0.39 is 0 Å². The lowest BCUT2D eigenvalue weighted by Gasteiger charge is -2.35. The molecule has 4 heteroatoms. The molecule has 1 aromatic rings. The molecule has 0 amide bonds. The lowest BCUT2D eigenvalue weighted by molar-refractivity contribution is -0.151. The molecule has 2 atom stereocenters. The summed E-state index contributed by atoms with van der Waals surface area (Å²) in [6, 6.07) is 7.88. The summed E-state index contributed by atoms with van der Waals surface area (Å²) in [6.07, 6.45) is 4.75. The average Bonchev–Trinajstić information content (AvgIpc) is 2.64. The van der Waals surface area contributed by atoms with Gasteiger partial charge in [0.1, 0.15) is 11.9 Å². The number of piperidine rings is 1. The maximum Gasteiger partial charge on any atom is 0.310 e. The third-order valence-corrected chi connectivity index (χ3v) is 4.64. The number of phenolic OH excluding ortho intramolecular Hbond substituents is 1. The van der Waals surface area contributed by atoms with Crippen molar-refractivity contribution in [3.63, 3.8) is 0 Å². The number of nitrogens with zero attached hydrogens (tertiary/aromatic N) is 1. The number of rotatable bonds is 3. The summed E-state index contributed by atoms with van der Waals surface area (Å²) in [6.45, 7) is 0. The second-order valence-electron chi connectivity index (χ2n) is 5.98. The number of aromatic hydroxyl groups is 1. The van der Waals surface area contributed by atoms with E-state index in [0.717, 1.165) is 18.4 Å². The molecule has 1 N–H and O–H groups in total. The molecule has 0 radical (unpaired) electrons. The van der Waals surface area contributed by atoms with Crippen molar-refractivity contribution >= 4 is 5.97 Å². The molecule has 2 fully saturated rings. The van der Waals surface area contributed by atoms with Gasteiger partial charge in [-0.05, 0) is 50.4 Å². The maximum atomic E-state index is 12.0. The van der Waals surface area contributed by atoms with Crippen LogP contribution >= 0.6 is 0 Å². The third kappa shape index (κ3) is 2.80. The standard InChI is InChI=1S/C16H21NO3/c1-17-12-4-5-13(17)10-15(9-12)20-16(19)8-11-2-6-14(18)7-3-11/h2-3,6-7,12-13,15,18H,4-5,8-10H2,1H3.